The van der Waals surface area contributed by atoms with Crippen molar-refractivity contribution in [2.75, 3.05) is 5.32 Å². The van der Waals surface area contributed by atoms with Gasteiger partial charge in [-0.15, -0.1) is 0 Å². The molecule has 0 radical (unpaired) electrons. The lowest BCUT2D eigenvalue weighted by atomic mass is 9.95. The summed E-state index contributed by atoms with van der Waals surface area (Å²) in [6, 6.07) is 28.8. The van der Waals surface area contributed by atoms with Crippen molar-refractivity contribution in [1.82, 2.24) is 4.57 Å². The Balaban J connectivity index is 1.34. The van der Waals surface area contributed by atoms with E-state index in [1.165, 1.54) is 28.0 Å². The number of ether oxygens (including phenoxy) is 1. The van der Waals surface area contributed by atoms with E-state index in [9.17, 15) is 14.0 Å². The molecule has 222 valence electrons. The van der Waals surface area contributed by atoms with Crippen LogP contribution >= 0.6 is 27.3 Å². The number of amides is 1. The van der Waals surface area contributed by atoms with Crippen LogP contribution in [0.5, 0.6) is 5.75 Å². The number of nitrogens with one attached hydrogen (secondary N) is 1. The predicted molar refractivity (Wildman–Crippen MR) is 175 cm³/mol. The lowest BCUT2D eigenvalue weighted by molar-refractivity contribution is -0.113. The Morgan fingerprint density at radius 3 is 2.51 bits per heavy atom. The Morgan fingerprint density at radius 2 is 1.82 bits per heavy atom. The molecule has 1 amide bonds. The first-order valence-corrected chi connectivity index (χ1v) is 15.5. The van der Waals surface area contributed by atoms with Gasteiger partial charge in [-0.2, -0.15) is 5.26 Å². The zero-order valence-electron chi connectivity index (χ0n) is 23.8. The molecule has 4 aromatic carbocycles. The zero-order chi connectivity index (χ0) is 31.5. The average Bonchev–Trinajstić information content (AvgIpc) is 3.34. The van der Waals surface area contributed by atoms with Gasteiger partial charge in [0.25, 0.3) is 11.5 Å². The minimum Gasteiger partial charge on any atom is -0.488 e. The molecule has 1 atom stereocenters. The summed E-state index contributed by atoms with van der Waals surface area (Å²) in [5.74, 6) is -0.192. The van der Waals surface area contributed by atoms with E-state index in [-0.39, 0.29) is 5.56 Å². The highest BCUT2D eigenvalue weighted by Crippen LogP contribution is 2.31. The van der Waals surface area contributed by atoms with E-state index in [1.54, 1.807) is 49.4 Å². The van der Waals surface area contributed by atoms with Crippen molar-refractivity contribution in [1.29, 1.82) is 5.26 Å². The van der Waals surface area contributed by atoms with E-state index in [0.29, 0.717) is 54.2 Å². The van der Waals surface area contributed by atoms with Gasteiger partial charge in [-0.25, -0.2) is 9.38 Å². The lowest BCUT2D eigenvalue weighted by Gasteiger charge is -2.25. The van der Waals surface area contributed by atoms with Gasteiger partial charge in [-0.1, -0.05) is 59.9 Å². The van der Waals surface area contributed by atoms with E-state index in [0.717, 1.165) is 11.1 Å². The molecule has 6 rings (SSSR count). The number of para-hydroxylation sites is 1. The molecule has 0 aliphatic carbocycles. The highest BCUT2D eigenvalue weighted by Gasteiger charge is 2.32. The van der Waals surface area contributed by atoms with Gasteiger partial charge >= 0.3 is 0 Å². The first-order chi connectivity index (χ1) is 21.8. The van der Waals surface area contributed by atoms with Crippen LogP contribution in [0, 0.1) is 17.1 Å². The van der Waals surface area contributed by atoms with Crippen LogP contribution in [-0.4, -0.2) is 10.5 Å². The molecule has 2 heterocycles. The monoisotopic (exact) mass is 678 g/mol. The van der Waals surface area contributed by atoms with Crippen LogP contribution in [0.25, 0.3) is 6.08 Å². The number of hydrogen-bond donors (Lipinski definition) is 1. The summed E-state index contributed by atoms with van der Waals surface area (Å²) in [6.45, 7) is 2.06. The van der Waals surface area contributed by atoms with Gasteiger partial charge in [0.2, 0.25) is 0 Å². The van der Waals surface area contributed by atoms with Gasteiger partial charge in [-0.05, 0) is 94.2 Å². The Hall–Kier alpha value is -5.11. The molecule has 0 spiro atoms. The van der Waals surface area contributed by atoms with Gasteiger partial charge in [0.05, 0.1) is 37.9 Å². The summed E-state index contributed by atoms with van der Waals surface area (Å²) in [7, 11) is 0. The minimum atomic E-state index is -0.808. The van der Waals surface area contributed by atoms with E-state index in [4.69, 9.17) is 10.00 Å². The molecule has 0 saturated carbocycles. The third-order valence-electron chi connectivity index (χ3n) is 7.21. The number of nitriles is 1. The Kier molecular flexibility index (Phi) is 8.56. The first kappa shape index (κ1) is 29.9. The fraction of sp³-hybridized carbons (Fsp3) is 0.0857. The van der Waals surface area contributed by atoms with Crippen LogP contribution in [0.1, 0.15) is 35.2 Å². The van der Waals surface area contributed by atoms with Crippen LogP contribution < -0.4 is 24.9 Å². The quantitative estimate of drug-likeness (QED) is 0.221. The standard InChI is InChI=1S/C35H24BrFN4O3S/c1-21-31(33(42)40-27-5-3-2-4-6-27)32(25-12-14-26(37)15-13-25)41-34(43)30(45-35(41)39-21)18-24-11-16-29(28(36)17-24)44-20-23-9-7-22(19-38)8-10-23/h2-18,32H,20H2,1H3,(H,40,42)/b30-18-/t32-/m0/s1. The summed E-state index contributed by atoms with van der Waals surface area (Å²) in [5.41, 5.74) is 3.91. The van der Waals surface area contributed by atoms with Crippen molar-refractivity contribution in [2.45, 2.75) is 19.6 Å². The number of nitrogens with zero attached hydrogens (tertiary/aromatic N) is 3. The third kappa shape index (κ3) is 6.41. The molecular formula is C35H24BrFN4O3S. The van der Waals surface area contributed by atoms with E-state index >= 15 is 0 Å². The number of allylic oxidation sites excluding steroid dienone is 1. The third-order valence-corrected chi connectivity index (χ3v) is 8.82. The number of aromatic nitrogens is 1. The number of thiazole rings is 1. The van der Waals surface area contributed by atoms with Crippen molar-refractivity contribution < 1.29 is 13.9 Å². The SMILES string of the molecule is CC1=C(C(=O)Nc2ccccc2)[C@H](c2ccc(F)cc2)n2c(s/c(=C\c3ccc(OCc4ccc(C#N)cc4)c(Br)c3)c2=O)=N1. The van der Waals surface area contributed by atoms with Gasteiger partial charge in [0, 0.05) is 5.69 Å². The highest BCUT2D eigenvalue weighted by molar-refractivity contribution is 9.10. The molecule has 1 aliphatic heterocycles. The van der Waals surface area contributed by atoms with Crippen molar-refractivity contribution >= 4 is 44.9 Å². The number of benzene rings is 4. The van der Waals surface area contributed by atoms with Crippen LogP contribution in [0.4, 0.5) is 10.1 Å². The second-order valence-electron chi connectivity index (χ2n) is 10.2. The van der Waals surface area contributed by atoms with Crippen LogP contribution in [0.3, 0.4) is 0 Å². The molecular weight excluding hydrogens is 655 g/mol. The number of carbonyl (C=O) groups excluding carboxylic acids is 1. The smallest absolute Gasteiger partial charge is 0.271 e. The van der Waals surface area contributed by atoms with Crippen LogP contribution in [-0.2, 0) is 11.4 Å². The zero-order valence-corrected chi connectivity index (χ0v) is 26.2. The van der Waals surface area contributed by atoms with Crippen LogP contribution in [0.2, 0.25) is 0 Å². The number of carbonyl (C=O) groups is 1. The predicted octanol–water partition coefficient (Wildman–Crippen LogP) is 6.23. The second kappa shape index (κ2) is 12.9. The summed E-state index contributed by atoms with van der Waals surface area (Å²) >= 11 is 4.79. The topological polar surface area (TPSA) is 96.5 Å². The fourth-order valence-electron chi connectivity index (χ4n) is 5.00. The number of anilines is 1. The van der Waals surface area contributed by atoms with Crippen molar-refractivity contribution in [2.24, 2.45) is 4.99 Å². The molecule has 1 aliphatic rings. The second-order valence-corrected chi connectivity index (χ2v) is 12.1. The number of hydrogen-bond acceptors (Lipinski definition) is 6. The summed E-state index contributed by atoms with van der Waals surface area (Å²) < 4.78 is 22.5. The maximum absolute atomic E-state index is 14.0. The van der Waals surface area contributed by atoms with Gasteiger partial charge in [0.1, 0.15) is 18.2 Å². The molecule has 0 bridgehead atoms. The molecule has 7 nitrogen and oxygen atoms in total. The van der Waals surface area contributed by atoms with Crippen molar-refractivity contribution in [3.63, 3.8) is 0 Å². The Labute approximate surface area is 270 Å². The maximum Gasteiger partial charge on any atom is 0.271 e. The molecule has 10 heteroatoms. The summed E-state index contributed by atoms with van der Waals surface area (Å²) in [6.07, 6.45) is 1.77. The van der Waals surface area contributed by atoms with E-state index in [1.807, 2.05) is 48.5 Å². The highest BCUT2D eigenvalue weighted by atomic mass is 79.9. The molecule has 45 heavy (non-hydrogen) atoms. The van der Waals surface area contributed by atoms with E-state index in [2.05, 4.69) is 32.3 Å². The summed E-state index contributed by atoms with van der Waals surface area (Å²) in [4.78, 5) is 32.7. The van der Waals surface area contributed by atoms with Crippen LogP contribution in [0.15, 0.2) is 123 Å². The number of rotatable bonds is 7. The minimum absolute atomic E-state index is 0.302. The molecule has 0 unspecified atom stereocenters. The lowest BCUT2D eigenvalue weighted by Crippen LogP contribution is -2.40. The normalized spacial score (nSPS) is 14.4. The Bertz CT molecular complexity index is 2170. The first-order valence-electron chi connectivity index (χ1n) is 13.9. The molecule has 0 fully saturated rings. The van der Waals surface area contributed by atoms with Crippen molar-refractivity contribution in [3.05, 3.63) is 161 Å². The average molecular weight is 680 g/mol. The largest absolute Gasteiger partial charge is 0.488 e. The van der Waals surface area contributed by atoms with Gasteiger partial charge in [0.15, 0.2) is 4.80 Å². The Morgan fingerprint density at radius 1 is 1.09 bits per heavy atom. The maximum atomic E-state index is 14.0. The molecule has 0 saturated heterocycles. The van der Waals surface area contributed by atoms with Crippen molar-refractivity contribution in [3.8, 4) is 11.8 Å². The van der Waals surface area contributed by atoms with E-state index < -0.39 is 17.8 Å². The molecule has 1 aromatic heterocycles. The number of fused-ring (bicyclic) bond motifs is 1. The molecule has 1 N–H and O–H groups in total. The summed E-state index contributed by atoms with van der Waals surface area (Å²) in [5, 5.41) is 11.9. The van der Waals surface area contributed by atoms with Gasteiger partial charge < -0.3 is 10.1 Å². The molecule has 5 aromatic rings. The number of halogens is 2. The fourth-order valence-corrected chi connectivity index (χ4v) is 6.56. The van der Waals surface area contributed by atoms with Gasteiger partial charge in [-0.3, -0.25) is 14.2 Å².